The summed E-state index contributed by atoms with van der Waals surface area (Å²) in [6.07, 6.45) is -3.18. The predicted octanol–water partition coefficient (Wildman–Crippen LogP) is 2.40. The molecule has 0 aliphatic carbocycles. The molecule has 2 heterocycles. The summed E-state index contributed by atoms with van der Waals surface area (Å²) in [5.41, 5.74) is -0.938. The van der Waals surface area contributed by atoms with Crippen molar-refractivity contribution in [3.05, 3.63) is 59.5 Å². The summed E-state index contributed by atoms with van der Waals surface area (Å²) in [4.78, 5) is 40.0. The van der Waals surface area contributed by atoms with Crippen LogP contribution in [-0.4, -0.2) is 59.7 Å². The van der Waals surface area contributed by atoms with Crippen LogP contribution in [0, 0.1) is 0 Å². The van der Waals surface area contributed by atoms with Crippen LogP contribution in [-0.2, 0) is 11.0 Å². The summed E-state index contributed by atoms with van der Waals surface area (Å²) in [7, 11) is 0. The van der Waals surface area contributed by atoms with Gasteiger partial charge in [0.25, 0.3) is 11.8 Å². The quantitative estimate of drug-likeness (QED) is 0.819. The van der Waals surface area contributed by atoms with Crippen LogP contribution in [0.15, 0.2) is 47.1 Å². The van der Waals surface area contributed by atoms with Gasteiger partial charge >= 0.3 is 6.18 Å². The molecule has 0 spiro atoms. The van der Waals surface area contributed by atoms with Crippen LogP contribution in [0.1, 0.15) is 33.4 Å². The number of carbonyl (C=O) groups excluding carboxylic acids is 3. The number of furan rings is 1. The summed E-state index contributed by atoms with van der Waals surface area (Å²) < 4.78 is 43.6. The van der Waals surface area contributed by atoms with E-state index in [0.29, 0.717) is 0 Å². The molecular weight excluding hydrogens is 403 g/mol. The average molecular weight is 423 g/mol. The number of rotatable bonds is 4. The Hall–Kier alpha value is -3.30. The molecule has 1 saturated heterocycles. The molecule has 0 saturated carbocycles. The second-order valence-corrected chi connectivity index (χ2v) is 6.87. The topological polar surface area (TPSA) is 82.9 Å². The van der Waals surface area contributed by atoms with Crippen molar-refractivity contribution in [2.24, 2.45) is 0 Å². The van der Waals surface area contributed by atoms with Crippen LogP contribution in [0.2, 0.25) is 0 Å². The van der Waals surface area contributed by atoms with Crippen molar-refractivity contribution >= 4 is 17.7 Å². The third kappa shape index (κ3) is 4.81. The van der Waals surface area contributed by atoms with E-state index < -0.39 is 29.6 Å². The van der Waals surface area contributed by atoms with Gasteiger partial charge in [0, 0.05) is 31.7 Å². The van der Waals surface area contributed by atoms with E-state index in [9.17, 15) is 27.6 Å². The Morgan fingerprint density at radius 1 is 1.03 bits per heavy atom. The Labute approximate surface area is 170 Å². The van der Waals surface area contributed by atoms with E-state index >= 15 is 0 Å². The summed E-state index contributed by atoms with van der Waals surface area (Å²) >= 11 is 0. The van der Waals surface area contributed by atoms with E-state index in [1.54, 1.807) is 13.0 Å². The van der Waals surface area contributed by atoms with Crippen molar-refractivity contribution in [1.82, 2.24) is 15.1 Å². The van der Waals surface area contributed by atoms with Crippen molar-refractivity contribution in [1.29, 1.82) is 0 Å². The van der Waals surface area contributed by atoms with Gasteiger partial charge in [-0.25, -0.2) is 0 Å². The Kier molecular flexibility index (Phi) is 6.14. The van der Waals surface area contributed by atoms with E-state index in [0.717, 1.165) is 12.1 Å². The first kappa shape index (κ1) is 21.4. The lowest BCUT2D eigenvalue weighted by Gasteiger charge is -2.36. The van der Waals surface area contributed by atoms with Gasteiger partial charge < -0.3 is 19.5 Å². The molecule has 0 bridgehead atoms. The Morgan fingerprint density at radius 2 is 1.70 bits per heavy atom. The number of carbonyl (C=O) groups is 3. The van der Waals surface area contributed by atoms with Crippen LogP contribution in [0.5, 0.6) is 0 Å². The molecule has 1 aromatic carbocycles. The highest BCUT2D eigenvalue weighted by atomic mass is 19.4. The smallest absolute Gasteiger partial charge is 0.416 e. The highest BCUT2D eigenvalue weighted by Gasteiger charge is 2.32. The molecule has 1 fully saturated rings. The van der Waals surface area contributed by atoms with Gasteiger partial charge in [0.2, 0.25) is 5.91 Å². The molecule has 0 radical (unpaired) electrons. The molecule has 7 nitrogen and oxygen atoms in total. The van der Waals surface area contributed by atoms with Gasteiger partial charge in [-0.1, -0.05) is 6.07 Å². The third-order valence-corrected chi connectivity index (χ3v) is 4.78. The molecule has 3 rings (SSSR count). The van der Waals surface area contributed by atoms with Crippen LogP contribution in [0.3, 0.4) is 0 Å². The number of amides is 3. The molecule has 1 N–H and O–H groups in total. The van der Waals surface area contributed by atoms with E-state index in [1.807, 2.05) is 0 Å². The lowest BCUT2D eigenvalue weighted by Crippen LogP contribution is -2.55. The fourth-order valence-corrected chi connectivity index (χ4v) is 3.15. The number of piperazine rings is 1. The Balaban J connectivity index is 1.56. The lowest BCUT2D eigenvalue weighted by atomic mass is 10.1. The van der Waals surface area contributed by atoms with Gasteiger partial charge in [-0.05, 0) is 37.3 Å². The molecule has 10 heteroatoms. The zero-order valence-corrected chi connectivity index (χ0v) is 16.1. The summed E-state index contributed by atoms with van der Waals surface area (Å²) in [5, 5.41) is 2.55. The normalized spacial score (nSPS) is 15.6. The van der Waals surface area contributed by atoms with E-state index in [4.69, 9.17) is 4.42 Å². The number of halogens is 3. The molecule has 1 aliphatic rings. The number of benzene rings is 1. The summed E-state index contributed by atoms with van der Waals surface area (Å²) in [5.74, 6) is -1.26. The number of hydrogen-bond acceptors (Lipinski definition) is 4. The SMILES string of the molecule is CC(NC(=O)c1ccco1)C(=O)N1CCN(C(=O)c2cccc(C(F)(F)F)c2)CC1. The molecule has 1 aromatic heterocycles. The van der Waals surface area contributed by atoms with E-state index in [-0.39, 0.29) is 43.4 Å². The fraction of sp³-hybridized carbons (Fsp3) is 0.350. The molecule has 3 amide bonds. The van der Waals surface area contributed by atoms with Gasteiger partial charge in [-0.15, -0.1) is 0 Å². The number of nitrogens with zero attached hydrogens (tertiary/aromatic N) is 2. The highest BCUT2D eigenvalue weighted by Crippen LogP contribution is 2.29. The molecule has 1 unspecified atom stereocenters. The molecular formula is C20H20F3N3O4. The molecule has 160 valence electrons. The van der Waals surface area contributed by atoms with Crippen LogP contribution < -0.4 is 5.32 Å². The van der Waals surface area contributed by atoms with Crippen LogP contribution >= 0.6 is 0 Å². The number of alkyl halides is 3. The maximum atomic E-state index is 12.9. The Bertz CT molecular complexity index is 920. The third-order valence-electron chi connectivity index (χ3n) is 4.78. The first-order chi connectivity index (χ1) is 14.2. The van der Waals surface area contributed by atoms with Crippen LogP contribution in [0.4, 0.5) is 13.2 Å². The van der Waals surface area contributed by atoms with Gasteiger partial charge in [0.1, 0.15) is 6.04 Å². The second kappa shape index (κ2) is 8.60. The molecule has 30 heavy (non-hydrogen) atoms. The van der Waals surface area contributed by atoms with Crippen LogP contribution in [0.25, 0.3) is 0 Å². The van der Waals surface area contributed by atoms with Gasteiger partial charge in [-0.2, -0.15) is 13.2 Å². The van der Waals surface area contributed by atoms with Gasteiger partial charge in [-0.3, -0.25) is 14.4 Å². The predicted molar refractivity (Wildman–Crippen MR) is 99.6 cm³/mol. The molecule has 2 aromatic rings. The minimum atomic E-state index is -4.53. The standard InChI is InChI=1S/C20H20F3N3O4/c1-13(24-17(27)16-6-3-11-30-16)18(28)25-7-9-26(10-8-25)19(29)14-4-2-5-15(12-14)20(21,22)23/h2-6,11-13H,7-10H2,1H3,(H,24,27). The van der Waals surface area contributed by atoms with Crippen molar-refractivity contribution < 1.29 is 32.0 Å². The van der Waals surface area contributed by atoms with E-state index in [1.165, 1.54) is 34.3 Å². The molecule has 1 aliphatic heterocycles. The van der Waals surface area contributed by atoms with Gasteiger partial charge in [0.05, 0.1) is 11.8 Å². The first-order valence-electron chi connectivity index (χ1n) is 9.26. The van der Waals surface area contributed by atoms with Crippen molar-refractivity contribution in [2.45, 2.75) is 19.1 Å². The monoisotopic (exact) mass is 423 g/mol. The minimum absolute atomic E-state index is 0.0521. The lowest BCUT2D eigenvalue weighted by molar-refractivity contribution is -0.137. The van der Waals surface area contributed by atoms with Crippen molar-refractivity contribution in [3.63, 3.8) is 0 Å². The largest absolute Gasteiger partial charge is 0.459 e. The summed E-state index contributed by atoms with van der Waals surface area (Å²) in [6.45, 7) is 2.33. The minimum Gasteiger partial charge on any atom is -0.459 e. The Morgan fingerprint density at radius 3 is 2.30 bits per heavy atom. The second-order valence-electron chi connectivity index (χ2n) is 6.87. The fourth-order valence-electron chi connectivity index (χ4n) is 3.15. The van der Waals surface area contributed by atoms with Crippen molar-refractivity contribution in [2.75, 3.05) is 26.2 Å². The van der Waals surface area contributed by atoms with Crippen molar-refractivity contribution in [3.8, 4) is 0 Å². The summed E-state index contributed by atoms with van der Waals surface area (Å²) in [6, 6.07) is 6.50. The number of hydrogen-bond donors (Lipinski definition) is 1. The maximum Gasteiger partial charge on any atom is 0.416 e. The highest BCUT2D eigenvalue weighted by molar-refractivity contribution is 5.96. The average Bonchev–Trinajstić information content (AvgIpc) is 3.27. The van der Waals surface area contributed by atoms with Gasteiger partial charge in [0.15, 0.2) is 5.76 Å². The zero-order chi connectivity index (χ0) is 21.9. The first-order valence-corrected chi connectivity index (χ1v) is 9.26. The molecule has 1 atom stereocenters. The number of nitrogens with one attached hydrogen (secondary N) is 1. The maximum absolute atomic E-state index is 12.9. The van der Waals surface area contributed by atoms with E-state index in [2.05, 4.69) is 5.32 Å². The zero-order valence-electron chi connectivity index (χ0n) is 16.1.